The van der Waals surface area contributed by atoms with Crippen molar-refractivity contribution >= 4 is 10.0 Å². The number of methoxy groups -OCH3 is 1. The third-order valence-corrected chi connectivity index (χ3v) is 10.1. The summed E-state index contributed by atoms with van der Waals surface area (Å²) < 4.78 is 33.1. The Balaban J connectivity index is 1.32. The van der Waals surface area contributed by atoms with Gasteiger partial charge in [-0.3, -0.25) is 0 Å². The van der Waals surface area contributed by atoms with Crippen molar-refractivity contribution in [3.63, 3.8) is 0 Å². The molecule has 184 valence electrons. The lowest BCUT2D eigenvalue weighted by atomic mass is 9.85. The molecule has 0 unspecified atom stereocenters. The summed E-state index contributed by atoms with van der Waals surface area (Å²) in [6.07, 6.45) is 11.2. The molecule has 0 atom stereocenters. The number of rotatable bonds is 6. The number of benzene rings is 2. The molecule has 5 rings (SSSR count). The van der Waals surface area contributed by atoms with Crippen LogP contribution in [0.25, 0.3) is 11.1 Å². The van der Waals surface area contributed by atoms with E-state index in [0.29, 0.717) is 23.9 Å². The lowest BCUT2D eigenvalue weighted by Crippen LogP contribution is -2.41. The fourth-order valence-corrected chi connectivity index (χ4v) is 7.67. The van der Waals surface area contributed by atoms with Gasteiger partial charge in [0.2, 0.25) is 10.0 Å². The highest BCUT2D eigenvalue weighted by atomic mass is 32.2. The van der Waals surface area contributed by atoms with Gasteiger partial charge in [0, 0.05) is 19.1 Å². The Morgan fingerprint density at radius 3 is 2.06 bits per heavy atom. The normalized spacial score (nSPS) is 21.7. The lowest BCUT2D eigenvalue weighted by molar-refractivity contribution is 0.121. The van der Waals surface area contributed by atoms with Crippen LogP contribution in [0.2, 0.25) is 0 Å². The van der Waals surface area contributed by atoms with E-state index in [1.165, 1.54) is 63.6 Å². The Morgan fingerprint density at radius 2 is 1.41 bits per heavy atom. The number of ether oxygens (including phenoxy) is 1. The van der Waals surface area contributed by atoms with E-state index >= 15 is 0 Å². The van der Waals surface area contributed by atoms with Crippen LogP contribution < -0.4 is 4.74 Å². The molecule has 3 aliphatic rings. The van der Waals surface area contributed by atoms with Gasteiger partial charge in [0.15, 0.2) is 0 Å². The first-order chi connectivity index (χ1) is 16.6. The molecular weight excluding hydrogens is 444 g/mol. The molecular formula is C28H38N2O3S. The zero-order valence-corrected chi connectivity index (χ0v) is 21.2. The molecule has 2 heterocycles. The second-order valence-corrected chi connectivity index (χ2v) is 12.1. The van der Waals surface area contributed by atoms with E-state index < -0.39 is 10.0 Å². The molecule has 0 spiro atoms. The van der Waals surface area contributed by atoms with E-state index in [0.717, 1.165) is 35.8 Å². The molecule has 1 aliphatic carbocycles. The van der Waals surface area contributed by atoms with Gasteiger partial charge in [0.05, 0.1) is 12.0 Å². The van der Waals surface area contributed by atoms with Gasteiger partial charge in [-0.1, -0.05) is 37.5 Å². The largest absolute Gasteiger partial charge is 0.496 e. The predicted octanol–water partition coefficient (Wildman–Crippen LogP) is 5.66. The second kappa shape index (κ2) is 10.4. The van der Waals surface area contributed by atoms with Gasteiger partial charge in [-0.2, -0.15) is 4.31 Å². The summed E-state index contributed by atoms with van der Waals surface area (Å²) in [6, 6.07) is 14.6. The molecule has 0 amide bonds. The fraction of sp³-hybridized carbons (Fsp3) is 0.571. The molecule has 34 heavy (non-hydrogen) atoms. The average molecular weight is 483 g/mol. The van der Waals surface area contributed by atoms with Gasteiger partial charge in [-0.15, -0.1) is 0 Å². The first-order valence-corrected chi connectivity index (χ1v) is 14.5. The van der Waals surface area contributed by atoms with Crippen LogP contribution in [-0.4, -0.2) is 57.0 Å². The smallest absolute Gasteiger partial charge is 0.243 e. The van der Waals surface area contributed by atoms with Crippen LogP contribution in [0.4, 0.5) is 0 Å². The van der Waals surface area contributed by atoms with E-state index in [4.69, 9.17) is 4.74 Å². The Bertz CT molecular complexity index is 1060. The molecule has 0 N–H and O–H groups in total. The minimum atomic E-state index is -3.38. The van der Waals surface area contributed by atoms with Crippen molar-refractivity contribution in [1.82, 2.24) is 9.21 Å². The maximum Gasteiger partial charge on any atom is 0.243 e. The van der Waals surface area contributed by atoms with Crippen molar-refractivity contribution in [3.05, 3.63) is 48.0 Å². The van der Waals surface area contributed by atoms with Crippen molar-refractivity contribution in [2.45, 2.75) is 74.6 Å². The molecule has 0 radical (unpaired) electrons. The molecule has 6 heteroatoms. The van der Waals surface area contributed by atoms with Crippen LogP contribution in [0.1, 0.15) is 69.3 Å². The van der Waals surface area contributed by atoms with Crippen molar-refractivity contribution in [2.24, 2.45) is 0 Å². The topological polar surface area (TPSA) is 49.9 Å². The zero-order valence-electron chi connectivity index (χ0n) is 20.4. The predicted molar refractivity (Wildman–Crippen MR) is 137 cm³/mol. The van der Waals surface area contributed by atoms with E-state index in [1.807, 2.05) is 12.1 Å². The van der Waals surface area contributed by atoms with Crippen molar-refractivity contribution in [2.75, 3.05) is 33.3 Å². The molecule has 1 saturated carbocycles. The number of sulfonamides is 1. The SMILES string of the molecule is COc1ccc(-c2ccc(S(=O)(=O)N3CCCC3)cc2)cc1C1CCN(C2CCCCC2)CC1. The molecule has 2 aromatic carbocycles. The first-order valence-electron chi connectivity index (χ1n) is 13.1. The van der Waals surface area contributed by atoms with E-state index in [2.05, 4.69) is 23.1 Å². The van der Waals surface area contributed by atoms with Crippen molar-refractivity contribution in [1.29, 1.82) is 0 Å². The van der Waals surface area contributed by atoms with Gasteiger partial charge in [-0.25, -0.2) is 8.42 Å². The highest BCUT2D eigenvalue weighted by molar-refractivity contribution is 7.89. The Kier molecular flexibility index (Phi) is 7.28. The quantitative estimate of drug-likeness (QED) is 0.533. The Hall–Kier alpha value is -1.89. The summed E-state index contributed by atoms with van der Waals surface area (Å²) in [4.78, 5) is 3.12. The molecule has 3 fully saturated rings. The molecule has 0 bridgehead atoms. The zero-order chi connectivity index (χ0) is 23.5. The maximum absolute atomic E-state index is 12.9. The van der Waals surface area contributed by atoms with Gasteiger partial charge in [0.25, 0.3) is 0 Å². The minimum absolute atomic E-state index is 0.391. The van der Waals surface area contributed by atoms with Gasteiger partial charge in [0.1, 0.15) is 5.75 Å². The summed E-state index contributed by atoms with van der Waals surface area (Å²) in [5, 5.41) is 0. The lowest BCUT2D eigenvalue weighted by Gasteiger charge is -2.39. The highest BCUT2D eigenvalue weighted by Crippen LogP contribution is 2.38. The molecule has 2 saturated heterocycles. The standard InChI is InChI=1S/C28H38N2O3S/c1-33-28-14-11-24(22-9-12-26(13-10-22)34(31,32)30-17-5-6-18-30)21-27(28)23-15-19-29(20-16-23)25-7-3-2-4-8-25/h9-14,21,23,25H,2-8,15-20H2,1H3. The highest BCUT2D eigenvalue weighted by Gasteiger charge is 2.29. The number of nitrogens with zero attached hydrogens (tertiary/aromatic N) is 2. The minimum Gasteiger partial charge on any atom is -0.496 e. The van der Waals surface area contributed by atoms with E-state index in [9.17, 15) is 8.42 Å². The van der Waals surface area contributed by atoms with Gasteiger partial charge >= 0.3 is 0 Å². The van der Waals surface area contributed by atoms with Gasteiger partial charge in [-0.05, 0) is 98.5 Å². The molecule has 5 nitrogen and oxygen atoms in total. The fourth-order valence-electron chi connectivity index (χ4n) is 6.15. The van der Waals surface area contributed by atoms with E-state index in [1.54, 1.807) is 23.5 Å². The van der Waals surface area contributed by atoms with Crippen LogP contribution in [0.3, 0.4) is 0 Å². The van der Waals surface area contributed by atoms with Crippen LogP contribution in [0.15, 0.2) is 47.4 Å². The summed E-state index contributed by atoms with van der Waals surface area (Å²) in [7, 11) is -1.62. The van der Waals surface area contributed by atoms with Crippen LogP contribution in [-0.2, 0) is 10.0 Å². The van der Waals surface area contributed by atoms with Crippen LogP contribution in [0, 0.1) is 0 Å². The van der Waals surface area contributed by atoms with E-state index in [-0.39, 0.29) is 0 Å². The second-order valence-electron chi connectivity index (χ2n) is 10.2. The average Bonchev–Trinajstić information content (AvgIpc) is 3.45. The number of piperidine rings is 1. The van der Waals surface area contributed by atoms with Crippen molar-refractivity contribution < 1.29 is 13.2 Å². The molecule has 2 aromatic rings. The van der Waals surface area contributed by atoms with Crippen molar-refractivity contribution in [3.8, 4) is 16.9 Å². The number of hydrogen-bond acceptors (Lipinski definition) is 4. The van der Waals surface area contributed by atoms with Crippen LogP contribution >= 0.6 is 0 Å². The van der Waals surface area contributed by atoms with Gasteiger partial charge < -0.3 is 9.64 Å². The Morgan fingerprint density at radius 1 is 0.765 bits per heavy atom. The third kappa shape index (κ3) is 4.91. The molecule has 2 aliphatic heterocycles. The van der Waals surface area contributed by atoms with Crippen LogP contribution in [0.5, 0.6) is 5.75 Å². The summed E-state index contributed by atoms with van der Waals surface area (Å²) in [5.74, 6) is 1.47. The Labute approximate surface area is 205 Å². The molecule has 0 aromatic heterocycles. The summed E-state index contributed by atoms with van der Waals surface area (Å²) in [5.41, 5.74) is 3.46. The summed E-state index contributed by atoms with van der Waals surface area (Å²) >= 11 is 0. The monoisotopic (exact) mass is 482 g/mol. The number of likely N-dealkylation sites (tertiary alicyclic amines) is 1. The third-order valence-electron chi connectivity index (χ3n) is 8.18. The first kappa shape index (κ1) is 23.8. The summed E-state index contributed by atoms with van der Waals surface area (Å²) in [6.45, 7) is 3.61. The maximum atomic E-state index is 12.9. The number of hydrogen-bond donors (Lipinski definition) is 0.